The Morgan fingerprint density at radius 3 is 1.69 bits per heavy atom. The summed E-state index contributed by atoms with van der Waals surface area (Å²) >= 11 is 0. The zero-order valence-corrected chi connectivity index (χ0v) is 19.2. The van der Waals surface area contributed by atoms with E-state index >= 15 is 0 Å². The third-order valence-electron chi connectivity index (χ3n) is 8.28. The molecule has 1 nitrogen and oxygen atoms in total. The summed E-state index contributed by atoms with van der Waals surface area (Å²) in [5.41, 5.74) is 0.582. The molecule has 0 amide bonds. The molecule has 1 fully saturated rings. The van der Waals surface area contributed by atoms with Crippen molar-refractivity contribution in [2.45, 2.75) is 131 Å². The molecule has 0 aliphatic heterocycles. The smallest absolute Gasteiger partial charge is 0.00665 e. The predicted molar refractivity (Wildman–Crippen MR) is 119 cm³/mol. The second-order valence-corrected chi connectivity index (χ2v) is 9.60. The molecule has 1 aliphatic rings. The Labute approximate surface area is 166 Å². The number of hydrogen-bond donors (Lipinski definition) is 1. The molecule has 1 heteroatoms. The Hall–Kier alpha value is -0.0400. The molecule has 0 bridgehead atoms. The van der Waals surface area contributed by atoms with Crippen LogP contribution in [0.5, 0.6) is 0 Å². The molecule has 1 saturated carbocycles. The lowest BCUT2D eigenvalue weighted by Gasteiger charge is -2.37. The standard InChI is InChI=1S/C25H51N/c1-7-24(21(4)26-6)22-17-13-10-11-15-19-23(20-16-12-14-18-22)25(5,8-2)9-3/h21-24,26H,7-20H2,1-6H3/t21-,22?,23?,24?/m1/s1. The maximum atomic E-state index is 3.54. The summed E-state index contributed by atoms with van der Waals surface area (Å²) in [6.45, 7) is 12.2. The van der Waals surface area contributed by atoms with E-state index in [0.717, 1.165) is 17.8 Å². The Balaban J connectivity index is 2.66. The summed E-state index contributed by atoms with van der Waals surface area (Å²) in [4.78, 5) is 0. The molecular formula is C25H51N. The van der Waals surface area contributed by atoms with Gasteiger partial charge in [0.05, 0.1) is 0 Å². The summed E-state index contributed by atoms with van der Waals surface area (Å²) in [7, 11) is 2.14. The van der Waals surface area contributed by atoms with E-state index in [1.165, 1.54) is 89.9 Å². The molecule has 0 aromatic rings. The maximum Gasteiger partial charge on any atom is 0.00665 e. The summed E-state index contributed by atoms with van der Waals surface area (Å²) in [6.07, 6.45) is 20.2. The van der Waals surface area contributed by atoms with Gasteiger partial charge in [-0.2, -0.15) is 0 Å². The average Bonchev–Trinajstić information content (AvgIpc) is 2.69. The predicted octanol–water partition coefficient (Wildman–Crippen LogP) is 7.98. The minimum absolute atomic E-state index is 0.582. The number of nitrogens with one attached hydrogen (secondary N) is 1. The zero-order valence-electron chi connectivity index (χ0n) is 19.2. The van der Waals surface area contributed by atoms with Crippen LogP contribution in [-0.2, 0) is 0 Å². The van der Waals surface area contributed by atoms with E-state index in [1.54, 1.807) is 0 Å². The van der Waals surface area contributed by atoms with Crippen LogP contribution in [0.15, 0.2) is 0 Å². The Morgan fingerprint density at radius 1 is 0.808 bits per heavy atom. The van der Waals surface area contributed by atoms with Gasteiger partial charge in [-0.1, -0.05) is 105 Å². The molecule has 156 valence electrons. The lowest BCUT2D eigenvalue weighted by molar-refractivity contribution is 0.141. The molecular weight excluding hydrogens is 314 g/mol. The SMILES string of the molecule is CCC(C1CCCCCCC(C(C)(CC)CC)CCCCC1)[C@@H](C)NC. The van der Waals surface area contributed by atoms with Crippen LogP contribution in [-0.4, -0.2) is 13.1 Å². The van der Waals surface area contributed by atoms with Gasteiger partial charge < -0.3 is 5.32 Å². The van der Waals surface area contributed by atoms with Crippen molar-refractivity contribution in [3.8, 4) is 0 Å². The second kappa shape index (κ2) is 13.2. The average molecular weight is 366 g/mol. The summed E-state index contributed by atoms with van der Waals surface area (Å²) in [5.74, 6) is 2.76. The summed E-state index contributed by atoms with van der Waals surface area (Å²) < 4.78 is 0. The third kappa shape index (κ3) is 7.53. The Kier molecular flexibility index (Phi) is 12.2. The number of hydrogen-bond acceptors (Lipinski definition) is 1. The van der Waals surface area contributed by atoms with Gasteiger partial charge in [0.1, 0.15) is 0 Å². The highest BCUT2D eigenvalue weighted by Gasteiger charge is 2.30. The number of rotatable bonds is 7. The van der Waals surface area contributed by atoms with Crippen LogP contribution in [0, 0.1) is 23.2 Å². The third-order valence-corrected chi connectivity index (χ3v) is 8.28. The van der Waals surface area contributed by atoms with Gasteiger partial charge in [0.2, 0.25) is 0 Å². The van der Waals surface area contributed by atoms with Crippen molar-refractivity contribution in [2.24, 2.45) is 23.2 Å². The zero-order chi connectivity index (χ0) is 19.4. The molecule has 1 rings (SSSR count). The quantitative estimate of drug-likeness (QED) is 0.482. The van der Waals surface area contributed by atoms with E-state index in [-0.39, 0.29) is 0 Å². The molecule has 0 saturated heterocycles. The Morgan fingerprint density at radius 2 is 1.27 bits per heavy atom. The van der Waals surface area contributed by atoms with E-state index in [4.69, 9.17) is 0 Å². The normalized spacial score (nSPS) is 27.0. The molecule has 1 aliphatic carbocycles. The minimum atomic E-state index is 0.582. The first kappa shape index (κ1) is 24.0. The van der Waals surface area contributed by atoms with E-state index < -0.39 is 0 Å². The molecule has 0 heterocycles. The van der Waals surface area contributed by atoms with Crippen LogP contribution in [0.1, 0.15) is 125 Å². The van der Waals surface area contributed by atoms with Crippen LogP contribution in [0.2, 0.25) is 0 Å². The van der Waals surface area contributed by atoms with Gasteiger partial charge >= 0.3 is 0 Å². The molecule has 0 aromatic heterocycles. The van der Waals surface area contributed by atoms with Crippen molar-refractivity contribution in [1.29, 1.82) is 0 Å². The molecule has 26 heavy (non-hydrogen) atoms. The monoisotopic (exact) mass is 365 g/mol. The van der Waals surface area contributed by atoms with Gasteiger partial charge in [-0.25, -0.2) is 0 Å². The van der Waals surface area contributed by atoms with Gasteiger partial charge in [-0.15, -0.1) is 0 Å². The van der Waals surface area contributed by atoms with Gasteiger partial charge in [0.15, 0.2) is 0 Å². The highest BCUT2D eigenvalue weighted by molar-refractivity contribution is 4.81. The van der Waals surface area contributed by atoms with E-state index in [2.05, 4.69) is 47.0 Å². The van der Waals surface area contributed by atoms with Crippen LogP contribution in [0.3, 0.4) is 0 Å². The van der Waals surface area contributed by atoms with E-state index in [1.807, 2.05) is 0 Å². The lowest BCUT2D eigenvalue weighted by atomic mass is 9.69. The van der Waals surface area contributed by atoms with Crippen LogP contribution in [0.25, 0.3) is 0 Å². The second-order valence-electron chi connectivity index (χ2n) is 9.60. The summed E-state index contributed by atoms with van der Waals surface area (Å²) in [5, 5.41) is 3.54. The molecule has 3 unspecified atom stereocenters. The van der Waals surface area contributed by atoms with Gasteiger partial charge in [-0.3, -0.25) is 0 Å². The molecule has 0 spiro atoms. The highest BCUT2D eigenvalue weighted by Crippen LogP contribution is 2.41. The van der Waals surface area contributed by atoms with E-state index in [0.29, 0.717) is 11.5 Å². The van der Waals surface area contributed by atoms with Gasteiger partial charge in [0.25, 0.3) is 0 Å². The maximum absolute atomic E-state index is 3.54. The van der Waals surface area contributed by atoms with Crippen LogP contribution < -0.4 is 5.32 Å². The molecule has 0 aromatic carbocycles. The fourth-order valence-corrected chi connectivity index (χ4v) is 5.68. The van der Waals surface area contributed by atoms with Crippen molar-refractivity contribution < 1.29 is 0 Å². The van der Waals surface area contributed by atoms with Crippen LogP contribution >= 0.6 is 0 Å². The fraction of sp³-hybridized carbons (Fsp3) is 1.00. The van der Waals surface area contributed by atoms with Gasteiger partial charge in [0, 0.05) is 6.04 Å². The van der Waals surface area contributed by atoms with Crippen molar-refractivity contribution >= 4 is 0 Å². The first-order chi connectivity index (χ1) is 12.5. The van der Waals surface area contributed by atoms with E-state index in [9.17, 15) is 0 Å². The summed E-state index contributed by atoms with van der Waals surface area (Å²) in [6, 6.07) is 0.667. The molecule has 4 atom stereocenters. The molecule has 0 radical (unpaired) electrons. The van der Waals surface area contributed by atoms with Crippen LogP contribution in [0.4, 0.5) is 0 Å². The Bertz CT molecular complexity index is 333. The van der Waals surface area contributed by atoms with Crippen molar-refractivity contribution in [2.75, 3.05) is 7.05 Å². The van der Waals surface area contributed by atoms with Crippen molar-refractivity contribution in [1.82, 2.24) is 5.32 Å². The minimum Gasteiger partial charge on any atom is -0.317 e. The lowest BCUT2D eigenvalue weighted by Crippen LogP contribution is -2.35. The highest BCUT2D eigenvalue weighted by atomic mass is 14.9. The molecule has 1 N–H and O–H groups in total. The topological polar surface area (TPSA) is 12.0 Å². The van der Waals surface area contributed by atoms with Gasteiger partial charge in [-0.05, 0) is 50.0 Å². The first-order valence-corrected chi connectivity index (χ1v) is 12.2. The first-order valence-electron chi connectivity index (χ1n) is 12.2. The van der Waals surface area contributed by atoms with Crippen molar-refractivity contribution in [3.63, 3.8) is 0 Å². The fourth-order valence-electron chi connectivity index (χ4n) is 5.68. The van der Waals surface area contributed by atoms with Crippen molar-refractivity contribution in [3.05, 3.63) is 0 Å². The largest absolute Gasteiger partial charge is 0.317 e.